The molecular weight excluding hydrogens is 372 g/mol. The van der Waals surface area contributed by atoms with Gasteiger partial charge in [-0.3, -0.25) is 9.59 Å². The fourth-order valence-electron chi connectivity index (χ4n) is 9.62. The Labute approximate surface area is 181 Å². The zero-order chi connectivity index (χ0) is 21.9. The van der Waals surface area contributed by atoms with Crippen molar-refractivity contribution < 1.29 is 14.7 Å². The molecule has 164 valence electrons. The Morgan fingerprint density at radius 2 is 1.47 bits per heavy atom. The van der Waals surface area contributed by atoms with Crippen molar-refractivity contribution in [3.63, 3.8) is 0 Å². The van der Waals surface area contributed by atoms with Gasteiger partial charge in [-0.05, 0) is 91.9 Å². The zero-order valence-corrected chi connectivity index (χ0v) is 19.6. The van der Waals surface area contributed by atoms with E-state index >= 15 is 0 Å². The zero-order valence-electron chi connectivity index (χ0n) is 19.6. The van der Waals surface area contributed by atoms with E-state index in [1.807, 2.05) is 0 Å². The summed E-state index contributed by atoms with van der Waals surface area (Å²) in [6, 6.07) is 0. The van der Waals surface area contributed by atoms with E-state index in [1.54, 1.807) is 13.0 Å². The van der Waals surface area contributed by atoms with E-state index in [2.05, 4.69) is 34.6 Å². The number of aliphatic hydroxyl groups is 1. The first-order chi connectivity index (χ1) is 13.9. The van der Waals surface area contributed by atoms with Gasteiger partial charge in [0.2, 0.25) is 0 Å². The van der Waals surface area contributed by atoms with Gasteiger partial charge in [0.1, 0.15) is 0 Å². The van der Waals surface area contributed by atoms with Crippen LogP contribution >= 0.6 is 0 Å². The summed E-state index contributed by atoms with van der Waals surface area (Å²) >= 11 is 0. The van der Waals surface area contributed by atoms with Gasteiger partial charge >= 0.3 is 0 Å². The standard InChI is InChI=1S/C27H38O3/c1-15-13-17(28)22-16(23(15)30)14-20-26(5)10-7-18-24(2,3)21(29)9-12-25(18,4)19(26)8-11-27(20,22)6/h13,18-21,29H,7-12,14H2,1-6H3. The van der Waals surface area contributed by atoms with Crippen molar-refractivity contribution in [3.8, 4) is 0 Å². The molecule has 0 radical (unpaired) electrons. The van der Waals surface area contributed by atoms with E-state index in [0.717, 1.165) is 56.1 Å². The van der Waals surface area contributed by atoms with Crippen LogP contribution in [-0.4, -0.2) is 22.8 Å². The van der Waals surface area contributed by atoms with E-state index in [9.17, 15) is 14.7 Å². The Balaban J connectivity index is 1.56. The van der Waals surface area contributed by atoms with Crippen molar-refractivity contribution in [2.45, 2.75) is 92.6 Å². The highest BCUT2D eigenvalue weighted by atomic mass is 16.3. The molecule has 30 heavy (non-hydrogen) atoms. The second kappa shape index (κ2) is 5.97. The number of Topliss-reactive ketones (excluding diaryl/α,β-unsaturated/α-hetero) is 1. The van der Waals surface area contributed by atoms with E-state index in [0.29, 0.717) is 23.3 Å². The van der Waals surface area contributed by atoms with Gasteiger partial charge in [-0.25, -0.2) is 0 Å². The van der Waals surface area contributed by atoms with Gasteiger partial charge in [0.15, 0.2) is 11.6 Å². The van der Waals surface area contributed by atoms with Crippen molar-refractivity contribution in [2.24, 2.45) is 39.4 Å². The first kappa shape index (κ1) is 20.7. The lowest BCUT2D eigenvalue weighted by Gasteiger charge is -2.68. The Morgan fingerprint density at radius 1 is 0.867 bits per heavy atom. The van der Waals surface area contributed by atoms with Crippen molar-refractivity contribution in [2.75, 3.05) is 0 Å². The van der Waals surface area contributed by atoms with Crippen LogP contribution in [0.5, 0.6) is 0 Å². The van der Waals surface area contributed by atoms with Gasteiger partial charge in [0.05, 0.1) is 6.10 Å². The van der Waals surface area contributed by atoms with Crippen LogP contribution in [-0.2, 0) is 9.59 Å². The summed E-state index contributed by atoms with van der Waals surface area (Å²) in [6.45, 7) is 13.6. The molecule has 0 saturated heterocycles. The minimum Gasteiger partial charge on any atom is -0.393 e. The summed E-state index contributed by atoms with van der Waals surface area (Å²) in [5.74, 6) is 1.70. The van der Waals surface area contributed by atoms with Gasteiger partial charge in [-0.15, -0.1) is 0 Å². The predicted molar refractivity (Wildman–Crippen MR) is 118 cm³/mol. The first-order valence-electron chi connectivity index (χ1n) is 12.1. The largest absolute Gasteiger partial charge is 0.393 e. The number of fused-ring (bicyclic) bond motifs is 6. The van der Waals surface area contributed by atoms with E-state index < -0.39 is 0 Å². The van der Waals surface area contributed by atoms with Gasteiger partial charge in [-0.2, -0.15) is 0 Å². The van der Waals surface area contributed by atoms with Gasteiger partial charge in [-0.1, -0.05) is 34.6 Å². The molecule has 0 aromatic heterocycles. The lowest BCUT2D eigenvalue weighted by atomic mass is 9.37. The maximum atomic E-state index is 13.1. The fraction of sp³-hybridized carbons (Fsp3) is 0.778. The molecule has 0 bridgehead atoms. The average molecular weight is 411 g/mol. The highest BCUT2D eigenvalue weighted by Gasteiger charge is 2.67. The van der Waals surface area contributed by atoms with Gasteiger partial charge < -0.3 is 5.11 Å². The monoisotopic (exact) mass is 410 g/mol. The maximum absolute atomic E-state index is 13.1. The smallest absolute Gasteiger partial charge is 0.185 e. The molecule has 3 heteroatoms. The summed E-state index contributed by atoms with van der Waals surface area (Å²) in [7, 11) is 0. The Hall–Kier alpha value is -1.22. The molecule has 0 aromatic rings. The van der Waals surface area contributed by atoms with Crippen molar-refractivity contribution in [1.82, 2.24) is 0 Å². The summed E-state index contributed by atoms with van der Waals surface area (Å²) in [6.07, 6.45) is 8.57. The topological polar surface area (TPSA) is 54.4 Å². The molecule has 7 unspecified atom stereocenters. The summed E-state index contributed by atoms with van der Waals surface area (Å²) in [5.41, 5.74) is 2.45. The molecule has 5 rings (SSSR count). The number of hydrogen-bond acceptors (Lipinski definition) is 3. The van der Waals surface area contributed by atoms with E-state index in [1.165, 1.54) is 0 Å². The minimum absolute atomic E-state index is 0.0464. The maximum Gasteiger partial charge on any atom is 0.185 e. The van der Waals surface area contributed by atoms with E-state index in [-0.39, 0.29) is 39.3 Å². The average Bonchev–Trinajstić information content (AvgIpc) is 2.98. The fourth-order valence-corrected chi connectivity index (χ4v) is 9.62. The SMILES string of the molecule is CC1=CC(=O)C2=C(CC3C2(C)CCC2C3(C)CCC3C(C)(C)C(O)CCC32C)C1=O. The summed E-state index contributed by atoms with van der Waals surface area (Å²) in [5, 5.41) is 10.8. The predicted octanol–water partition coefficient (Wildman–Crippen LogP) is 5.42. The minimum atomic E-state index is -0.210. The normalized spacial score (nSPS) is 49.8. The number of allylic oxidation sites excluding steroid dienone is 4. The van der Waals surface area contributed by atoms with Crippen LogP contribution in [0.3, 0.4) is 0 Å². The quantitative estimate of drug-likeness (QED) is 0.543. The number of hydrogen-bond donors (Lipinski definition) is 1. The number of aliphatic hydroxyl groups excluding tert-OH is 1. The lowest BCUT2D eigenvalue weighted by Crippen LogP contribution is -2.62. The molecular formula is C27H38O3. The van der Waals surface area contributed by atoms with Crippen LogP contribution in [0.25, 0.3) is 0 Å². The van der Waals surface area contributed by atoms with Crippen LogP contribution in [0.2, 0.25) is 0 Å². The lowest BCUT2D eigenvalue weighted by molar-refractivity contribution is -0.205. The number of rotatable bonds is 0. The summed E-state index contributed by atoms with van der Waals surface area (Å²) in [4.78, 5) is 26.1. The highest BCUT2D eigenvalue weighted by molar-refractivity contribution is 6.23. The number of carbonyl (C=O) groups excluding carboxylic acids is 2. The molecule has 3 saturated carbocycles. The highest BCUT2D eigenvalue weighted by Crippen LogP contribution is 2.74. The summed E-state index contributed by atoms with van der Waals surface area (Å²) < 4.78 is 0. The molecule has 7 atom stereocenters. The molecule has 0 heterocycles. The second-order valence-corrected chi connectivity index (χ2v) is 12.6. The molecule has 5 aliphatic carbocycles. The third-order valence-electron chi connectivity index (χ3n) is 11.1. The molecule has 1 N–H and O–H groups in total. The molecule has 0 amide bonds. The molecule has 5 aliphatic rings. The first-order valence-corrected chi connectivity index (χ1v) is 12.1. The Kier molecular flexibility index (Phi) is 4.11. The Bertz CT molecular complexity index is 907. The number of ketones is 2. The molecule has 3 fully saturated rings. The van der Waals surface area contributed by atoms with Crippen LogP contribution in [0, 0.1) is 39.4 Å². The van der Waals surface area contributed by atoms with Crippen molar-refractivity contribution in [1.29, 1.82) is 0 Å². The van der Waals surface area contributed by atoms with Crippen LogP contribution < -0.4 is 0 Å². The number of carbonyl (C=O) groups is 2. The Morgan fingerprint density at radius 3 is 2.17 bits per heavy atom. The second-order valence-electron chi connectivity index (χ2n) is 12.6. The van der Waals surface area contributed by atoms with Crippen LogP contribution in [0.1, 0.15) is 86.5 Å². The molecule has 0 spiro atoms. The molecule has 0 aromatic carbocycles. The van der Waals surface area contributed by atoms with Crippen molar-refractivity contribution in [3.05, 3.63) is 22.8 Å². The van der Waals surface area contributed by atoms with Crippen LogP contribution in [0.15, 0.2) is 22.8 Å². The van der Waals surface area contributed by atoms with Gasteiger partial charge in [0, 0.05) is 22.1 Å². The van der Waals surface area contributed by atoms with E-state index in [4.69, 9.17) is 0 Å². The molecule has 3 nitrogen and oxygen atoms in total. The van der Waals surface area contributed by atoms with Crippen LogP contribution in [0.4, 0.5) is 0 Å². The third kappa shape index (κ3) is 2.26. The van der Waals surface area contributed by atoms with Crippen molar-refractivity contribution >= 4 is 11.6 Å². The third-order valence-corrected chi connectivity index (χ3v) is 11.1. The van der Waals surface area contributed by atoms with Gasteiger partial charge in [0.25, 0.3) is 0 Å². The molecule has 0 aliphatic heterocycles.